The molecule has 0 bridgehead atoms. The maximum absolute atomic E-state index is 10.4. The highest BCUT2D eigenvalue weighted by molar-refractivity contribution is 5.85. The minimum Gasteiger partial charge on any atom is -0.465 e. The van der Waals surface area contributed by atoms with Crippen LogP contribution in [-0.4, -0.2) is 34.6 Å². The number of nitrogens with two attached hydrogens (primary N) is 1. The molecule has 5 nitrogen and oxygen atoms in total. The molecule has 1 atom stereocenters. The molecular weight excluding hydrogens is 136 g/mol. The minimum atomic E-state index is -1.07. The van der Waals surface area contributed by atoms with Crippen molar-refractivity contribution in [3.8, 4) is 0 Å². The van der Waals surface area contributed by atoms with Gasteiger partial charge < -0.3 is 10.8 Å². The maximum atomic E-state index is 10.4. The van der Waals surface area contributed by atoms with Gasteiger partial charge in [-0.25, -0.2) is 4.79 Å². The van der Waals surface area contributed by atoms with Crippen LogP contribution in [0.25, 0.3) is 0 Å². The Morgan fingerprint density at radius 1 is 1.60 bits per heavy atom. The van der Waals surface area contributed by atoms with Crippen LogP contribution in [0.4, 0.5) is 4.79 Å². The summed E-state index contributed by atoms with van der Waals surface area (Å²) in [5.74, 6) is -0.561. The zero-order valence-corrected chi connectivity index (χ0v) is 5.28. The van der Waals surface area contributed by atoms with Gasteiger partial charge in [-0.2, -0.15) is 0 Å². The highest BCUT2D eigenvalue weighted by Crippen LogP contribution is 2.15. The predicted octanol–water partition coefficient (Wildman–Crippen LogP) is -0.776. The van der Waals surface area contributed by atoms with Crippen LogP contribution in [0.5, 0.6) is 0 Å². The molecule has 1 aliphatic heterocycles. The van der Waals surface area contributed by atoms with E-state index in [4.69, 9.17) is 10.8 Å². The molecule has 1 aliphatic rings. The molecule has 0 aromatic rings. The molecule has 0 aromatic carbocycles. The molecule has 0 unspecified atom stereocenters. The summed E-state index contributed by atoms with van der Waals surface area (Å²) in [6.45, 7) is 0.420. The van der Waals surface area contributed by atoms with Gasteiger partial charge in [-0.05, 0) is 6.42 Å². The molecule has 1 fully saturated rings. The third-order valence-electron chi connectivity index (χ3n) is 1.59. The van der Waals surface area contributed by atoms with Gasteiger partial charge in [-0.1, -0.05) is 0 Å². The van der Waals surface area contributed by atoms with Crippen LogP contribution >= 0.6 is 0 Å². The first-order chi connectivity index (χ1) is 4.63. The molecule has 0 aromatic heterocycles. The van der Waals surface area contributed by atoms with E-state index >= 15 is 0 Å². The third kappa shape index (κ3) is 0.896. The highest BCUT2D eigenvalue weighted by atomic mass is 16.4. The van der Waals surface area contributed by atoms with Crippen LogP contribution in [-0.2, 0) is 4.79 Å². The summed E-state index contributed by atoms with van der Waals surface area (Å²) in [5, 5.41) is 8.37. The first-order valence-corrected chi connectivity index (χ1v) is 2.92. The summed E-state index contributed by atoms with van der Waals surface area (Å²) in [6.07, 6.45) is -0.517. The van der Waals surface area contributed by atoms with Crippen LogP contribution in [0.2, 0.25) is 0 Å². The minimum absolute atomic E-state index is 0.420. The molecule has 1 rings (SSSR count). The molecular formula is C5H8N2O3. The fraction of sp³-hybridized carbons (Fsp3) is 0.600. The molecule has 1 saturated heterocycles. The lowest BCUT2D eigenvalue weighted by molar-refractivity contribution is -0.126. The van der Waals surface area contributed by atoms with E-state index in [2.05, 4.69) is 0 Å². The summed E-state index contributed by atoms with van der Waals surface area (Å²) in [7, 11) is 0. The van der Waals surface area contributed by atoms with Crippen molar-refractivity contribution in [3.63, 3.8) is 0 Å². The van der Waals surface area contributed by atoms with E-state index in [1.807, 2.05) is 0 Å². The smallest absolute Gasteiger partial charge is 0.407 e. The standard InChI is InChI=1S/C5H8N2O3/c6-4(8)3-1-2-7(3)5(9)10/h3H,1-2H2,(H2,6,8)(H,9,10)/t3-/m0/s1. The average molecular weight is 144 g/mol. The van der Waals surface area contributed by atoms with Crippen molar-refractivity contribution in [1.82, 2.24) is 4.90 Å². The second kappa shape index (κ2) is 2.17. The van der Waals surface area contributed by atoms with E-state index in [1.165, 1.54) is 0 Å². The average Bonchev–Trinajstić information content (AvgIpc) is 1.56. The van der Waals surface area contributed by atoms with Gasteiger partial charge in [0, 0.05) is 6.54 Å². The molecule has 0 aliphatic carbocycles. The fourth-order valence-corrected chi connectivity index (χ4v) is 0.912. The molecule has 5 heteroatoms. The molecule has 0 radical (unpaired) electrons. The quantitative estimate of drug-likeness (QED) is 0.506. The van der Waals surface area contributed by atoms with E-state index in [1.54, 1.807) is 0 Å². The van der Waals surface area contributed by atoms with Crippen molar-refractivity contribution in [2.75, 3.05) is 6.54 Å². The van der Waals surface area contributed by atoms with E-state index in [-0.39, 0.29) is 0 Å². The molecule has 0 spiro atoms. The Kier molecular flexibility index (Phi) is 1.48. The molecule has 2 amide bonds. The number of rotatable bonds is 1. The van der Waals surface area contributed by atoms with E-state index in [0.717, 1.165) is 4.90 Å². The number of nitrogens with zero attached hydrogens (tertiary/aromatic N) is 1. The second-order valence-electron chi connectivity index (χ2n) is 2.18. The van der Waals surface area contributed by atoms with Gasteiger partial charge in [0.05, 0.1) is 0 Å². The fourth-order valence-electron chi connectivity index (χ4n) is 0.912. The Balaban J connectivity index is 2.51. The summed E-state index contributed by atoms with van der Waals surface area (Å²) in [5.41, 5.74) is 4.88. The van der Waals surface area contributed by atoms with Crippen LogP contribution in [0.1, 0.15) is 6.42 Å². The van der Waals surface area contributed by atoms with Crippen molar-refractivity contribution in [1.29, 1.82) is 0 Å². The number of primary amides is 1. The number of hydrogen-bond acceptors (Lipinski definition) is 2. The summed E-state index contributed by atoms with van der Waals surface area (Å²) < 4.78 is 0. The Morgan fingerprint density at radius 3 is 2.30 bits per heavy atom. The number of likely N-dealkylation sites (tertiary alicyclic amines) is 1. The van der Waals surface area contributed by atoms with E-state index in [9.17, 15) is 9.59 Å². The molecule has 56 valence electrons. The van der Waals surface area contributed by atoms with Crippen LogP contribution in [0.3, 0.4) is 0 Å². The monoisotopic (exact) mass is 144 g/mol. The summed E-state index contributed by atoms with van der Waals surface area (Å²) in [4.78, 5) is 21.7. The van der Waals surface area contributed by atoms with Crippen molar-refractivity contribution >= 4 is 12.0 Å². The zero-order valence-electron chi connectivity index (χ0n) is 5.28. The zero-order chi connectivity index (χ0) is 7.72. The largest absolute Gasteiger partial charge is 0.465 e. The second-order valence-corrected chi connectivity index (χ2v) is 2.18. The summed E-state index contributed by atoms with van der Waals surface area (Å²) in [6, 6.07) is -0.586. The van der Waals surface area contributed by atoms with Gasteiger partial charge >= 0.3 is 6.09 Å². The van der Waals surface area contributed by atoms with Crippen LogP contribution in [0.15, 0.2) is 0 Å². The predicted molar refractivity (Wildman–Crippen MR) is 32.3 cm³/mol. The first kappa shape index (κ1) is 6.85. The van der Waals surface area contributed by atoms with Crippen LogP contribution in [0, 0.1) is 0 Å². The molecule has 10 heavy (non-hydrogen) atoms. The van der Waals surface area contributed by atoms with Gasteiger partial charge in [0.2, 0.25) is 5.91 Å². The van der Waals surface area contributed by atoms with Gasteiger partial charge in [0.1, 0.15) is 6.04 Å². The lowest BCUT2D eigenvalue weighted by atomic mass is 10.0. The Labute approximate surface area is 57.4 Å². The maximum Gasteiger partial charge on any atom is 0.407 e. The lowest BCUT2D eigenvalue weighted by Gasteiger charge is -2.35. The topological polar surface area (TPSA) is 83.6 Å². The van der Waals surface area contributed by atoms with Gasteiger partial charge in [0.25, 0.3) is 0 Å². The van der Waals surface area contributed by atoms with Gasteiger partial charge in [-0.3, -0.25) is 9.69 Å². The van der Waals surface area contributed by atoms with Gasteiger partial charge in [0.15, 0.2) is 0 Å². The van der Waals surface area contributed by atoms with Gasteiger partial charge in [-0.15, -0.1) is 0 Å². The first-order valence-electron chi connectivity index (χ1n) is 2.92. The number of amides is 2. The Bertz CT molecular complexity index is 160. The van der Waals surface area contributed by atoms with Crippen molar-refractivity contribution < 1.29 is 14.7 Å². The molecule has 1 heterocycles. The number of hydrogen-bond donors (Lipinski definition) is 2. The Hall–Kier alpha value is -1.26. The normalized spacial score (nSPS) is 23.6. The summed E-state index contributed by atoms with van der Waals surface area (Å²) >= 11 is 0. The highest BCUT2D eigenvalue weighted by Gasteiger charge is 2.35. The SMILES string of the molecule is NC(=O)[C@@H]1CCN1C(=O)O. The number of carboxylic acid groups (broad SMARTS) is 1. The van der Waals surface area contributed by atoms with Crippen molar-refractivity contribution in [3.05, 3.63) is 0 Å². The lowest BCUT2D eigenvalue weighted by Crippen LogP contribution is -2.56. The Morgan fingerprint density at radius 2 is 2.20 bits per heavy atom. The van der Waals surface area contributed by atoms with Crippen molar-refractivity contribution in [2.45, 2.75) is 12.5 Å². The van der Waals surface area contributed by atoms with Crippen LogP contribution < -0.4 is 5.73 Å². The molecule has 0 saturated carbocycles. The van der Waals surface area contributed by atoms with Crippen molar-refractivity contribution in [2.24, 2.45) is 5.73 Å². The molecule has 3 N–H and O–H groups in total. The van der Waals surface area contributed by atoms with E-state index in [0.29, 0.717) is 13.0 Å². The number of carbonyl (C=O) groups is 2. The number of carbonyl (C=O) groups excluding carboxylic acids is 1. The third-order valence-corrected chi connectivity index (χ3v) is 1.59. The van der Waals surface area contributed by atoms with E-state index < -0.39 is 18.0 Å².